The first-order chi connectivity index (χ1) is 15.4. The molecule has 0 radical (unpaired) electrons. The predicted molar refractivity (Wildman–Crippen MR) is 118 cm³/mol. The summed E-state index contributed by atoms with van der Waals surface area (Å²) in [5.74, 6) is -0.346. The summed E-state index contributed by atoms with van der Waals surface area (Å²) < 4.78 is 27.1. The average molecular weight is 460 g/mol. The Bertz CT molecular complexity index is 1070. The van der Waals surface area contributed by atoms with E-state index in [-0.39, 0.29) is 16.6 Å². The largest absolute Gasteiger partial charge is 0.365 e. The van der Waals surface area contributed by atoms with E-state index in [2.05, 4.69) is 4.98 Å². The molecule has 0 N–H and O–H groups in total. The van der Waals surface area contributed by atoms with Crippen LogP contribution in [0.15, 0.2) is 47.5 Å². The number of hydrogen-bond acceptors (Lipinski definition) is 7. The first-order valence-corrected chi connectivity index (χ1v) is 12.1. The molecule has 0 bridgehead atoms. The molecule has 2 aliphatic heterocycles. The number of hydrogen-bond donors (Lipinski definition) is 0. The SMILES string of the molecule is O=C(c1ccc(S(=O)(=O)N2CCCCC2)cc1)N1CCN(c2ccc([N+](=O)[O-])nc2)CC1. The van der Waals surface area contributed by atoms with E-state index in [0.29, 0.717) is 44.8 Å². The number of amides is 1. The van der Waals surface area contributed by atoms with Crippen molar-refractivity contribution >= 4 is 27.4 Å². The van der Waals surface area contributed by atoms with Crippen LogP contribution in [0.25, 0.3) is 0 Å². The van der Waals surface area contributed by atoms with E-state index >= 15 is 0 Å². The Kier molecular flexibility index (Phi) is 6.38. The molecule has 2 aliphatic rings. The number of rotatable bonds is 5. The van der Waals surface area contributed by atoms with Gasteiger partial charge < -0.3 is 19.9 Å². The highest BCUT2D eigenvalue weighted by Crippen LogP contribution is 2.22. The number of carbonyl (C=O) groups is 1. The molecule has 1 aromatic heterocycles. The standard InChI is InChI=1S/C21H25N5O5S/c27-21(17-4-7-19(8-5-17)32(30,31)25-10-2-1-3-11-25)24-14-12-23(13-15-24)18-6-9-20(22-16-18)26(28)29/h4-9,16H,1-3,10-15H2. The van der Waals surface area contributed by atoms with Gasteiger partial charge in [0.15, 0.2) is 6.20 Å². The molecule has 4 rings (SSSR count). The van der Waals surface area contributed by atoms with Gasteiger partial charge in [0.05, 0.1) is 10.6 Å². The first-order valence-electron chi connectivity index (χ1n) is 10.6. The van der Waals surface area contributed by atoms with Gasteiger partial charge in [-0.05, 0) is 53.1 Å². The molecule has 2 fully saturated rings. The number of anilines is 1. The number of benzene rings is 1. The lowest BCUT2D eigenvalue weighted by atomic mass is 10.2. The minimum absolute atomic E-state index is 0.145. The molecule has 3 heterocycles. The zero-order chi connectivity index (χ0) is 22.7. The zero-order valence-corrected chi connectivity index (χ0v) is 18.4. The van der Waals surface area contributed by atoms with Crippen LogP contribution in [0.4, 0.5) is 11.5 Å². The second-order valence-corrected chi connectivity index (χ2v) is 9.84. The minimum Gasteiger partial charge on any atom is -0.365 e. The van der Waals surface area contributed by atoms with E-state index < -0.39 is 14.9 Å². The Morgan fingerprint density at radius 2 is 1.56 bits per heavy atom. The van der Waals surface area contributed by atoms with Gasteiger partial charge in [0, 0.05) is 50.9 Å². The molecule has 0 spiro atoms. The second kappa shape index (κ2) is 9.21. The third-order valence-electron chi connectivity index (χ3n) is 5.91. The summed E-state index contributed by atoms with van der Waals surface area (Å²) in [5, 5.41) is 10.7. The zero-order valence-electron chi connectivity index (χ0n) is 17.6. The van der Waals surface area contributed by atoms with Crippen molar-refractivity contribution in [3.05, 3.63) is 58.3 Å². The lowest BCUT2D eigenvalue weighted by Crippen LogP contribution is -2.48. The number of pyridine rings is 1. The molecule has 32 heavy (non-hydrogen) atoms. The first kappa shape index (κ1) is 22.2. The summed E-state index contributed by atoms with van der Waals surface area (Å²) in [6, 6.07) is 9.19. The van der Waals surface area contributed by atoms with Gasteiger partial charge in [0.25, 0.3) is 5.91 Å². The van der Waals surface area contributed by atoms with Gasteiger partial charge >= 0.3 is 5.82 Å². The quantitative estimate of drug-likeness (QED) is 0.497. The van der Waals surface area contributed by atoms with Crippen molar-refractivity contribution in [3.8, 4) is 0 Å². The molecule has 0 atom stereocenters. The van der Waals surface area contributed by atoms with Gasteiger partial charge in [-0.15, -0.1) is 0 Å². The van der Waals surface area contributed by atoms with Gasteiger partial charge in [0.2, 0.25) is 10.0 Å². The van der Waals surface area contributed by atoms with E-state index in [4.69, 9.17) is 0 Å². The molecule has 10 nitrogen and oxygen atoms in total. The van der Waals surface area contributed by atoms with Crippen LogP contribution >= 0.6 is 0 Å². The topological polar surface area (TPSA) is 117 Å². The van der Waals surface area contributed by atoms with Gasteiger partial charge in [-0.1, -0.05) is 6.42 Å². The van der Waals surface area contributed by atoms with Crippen LogP contribution in [0.1, 0.15) is 29.6 Å². The summed E-state index contributed by atoms with van der Waals surface area (Å²) in [6.45, 7) is 3.21. The van der Waals surface area contributed by atoms with Crippen molar-refractivity contribution in [2.24, 2.45) is 0 Å². The van der Waals surface area contributed by atoms with E-state index in [0.717, 1.165) is 24.9 Å². The van der Waals surface area contributed by atoms with Gasteiger partial charge in [-0.2, -0.15) is 4.31 Å². The Morgan fingerprint density at radius 1 is 0.906 bits per heavy atom. The maximum Gasteiger partial charge on any atom is 0.363 e. The predicted octanol–water partition coefficient (Wildman–Crippen LogP) is 2.13. The van der Waals surface area contributed by atoms with Crippen LogP contribution in [0.3, 0.4) is 0 Å². The van der Waals surface area contributed by atoms with Crippen LogP contribution in [0, 0.1) is 10.1 Å². The molecule has 1 aromatic carbocycles. The van der Waals surface area contributed by atoms with Crippen LogP contribution in [-0.4, -0.2) is 72.7 Å². The van der Waals surface area contributed by atoms with Crippen molar-refractivity contribution in [3.63, 3.8) is 0 Å². The number of carbonyl (C=O) groups excluding carboxylic acids is 1. The van der Waals surface area contributed by atoms with Crippen LogP contribution in [0.2, 0.25) is 0 Å². The minimum atomic E-state index is -3.52. The number of sulfonamides is 1. The average Bonchev–Trinajstić information content (AvgIpc) is 2.84. The van der Waals surface area contributed by atoms with Crippen LogP contribution < -0.4 is 4.90 Å². The highest BCUT2D eigenvalue weighted by atomic mass is 32.2. The third-order valence-corrected chi connectivity index (χ3v) is 7.82. The van der Waals surface area contributed by atoms with E-state index in [1.54, 1.807) is 23.1 Å². The summed E-state index contributed by atoms with van der Waals surface area (Å²) in [7, 11) is -3.52. The Balaban J connectivity index is 1.37. The second-order valence-electron chi connectivity index (χ2n) is 7.90. The summed E-state index contributed by atoms with van der Waals surface area (Å²) in [5.41, 5.74) is 1.23. The van der Waals surface area contributed by atoms with Crippen molar-refractivity contribution < 1.29 is 18.1 Å². The van der Waals surface area contributed by atoms with Crippen molar-refractivity contribution in [1.29, 1.82) is 0 Å². The maximum absolute atomic E-state index is 12.9. The normalized spacial score (nSPS) is 17.9. The van der Waals surface area contributed by atoms with E-state index in [1.165, 1.54) is 28.7 Å². The van der Waals surface area contributed by atoms with E-state index in [9.17, 15) is 23.3 Å². The summed E-state index contributed by atoms with van der Waals surface area (Å²) >= 11 is 0. The number of nitrogens with zero attached hydrogens (tertiary/aromatic N) is 5. The van der Waals surface area contributed by atoms with Crippen molar-refractivity contribution in [2.75, 3.05) is 44.2 Å². The van der Waals surface area contributed by atoms with E-state index in [1.807, 2.05) is 4.90 Å². The Labute approximate surface area is 186 Å². The summed E-state index contributed by atoms with van der Waals surface area (Å²) in [6.07, 6.45) is 4.26. The summed E-state index contributed by atoms with van der Waals surface area (Å²) in [4.78, 5) is 30.9. The van der Waals surface area contributed by atoms with Gasteiger partial charge in [0.1, 0.15) is 0 Å². The third kappa shape index (κ3) is 4.58. The molecule has 0 saturated carbocycles. The number of piperazine rings is 1. The van der Waals surface area contributed by atoms with Gasteiger partial charge in [-0.3, -0.25) is 4.79 Å². The van der Waals surface area contributed by atoms with Gasteiger partial charge in [-0.25, -0.2) is 8.42 Å². The molecule has 0 aliphatic carbocycles. The fraction of sp³-hybridized carbons (Fsp3) is 0.429. The van der Waals surface area contributed by atoms with Crippen molar-refractivity contribution in [2.45, 2.75) is 24.2 Å². The molecular formula is C21H25N5O5S. The fourth-order valence-electron chi connectivity index (χ4n) is 4.05. The molecule has 2 aromatic rings. The van der Waals surface area contributed by atoms with Crippen LogP contribution in [-0.2, 0) is 10.0 Å². The molecular weight excluding hydrogens is 434 g/mol. The Hall–Kier alpha value is -3.05. The maximum atomic E-state index is 12.9. The fourth-order valence-corrected chi connectivity index (χ4v) is 5.56. The smallest absolute Gasteiger partial charge is 0.363 e. The molecule has 170 valence electrons. The lowest BCUT2D eigenvalue weighted by Gasteiger charge is -2.35. The lowest BCUT2D eigenvalue weighted by molar-refractivity contribution is -0.389. The number of nitro groups is 1. The highest BCUT2D eigenvalue weighted by Gasteiger charge is 2.27. The van der Waals surface area contributed by atoms with Crippen LogP contribution in [0.5, 0.6) is 0 Å². The molecule has 0 unspecified atom stereocenters. The number of piperidine rings is 1. The van der Waals surface area contributed by atoms with Crippen molar-refractivity contribution in [1.82, 2.24) is 14.2 Å². The molecule has 2 saturated heterocycles. The monoisotopic (exact) mass is 459 g/mol. The highest BCUT2D eigenvalue weighted by molar-refractivity contribution is 7.89. The number of aromatic nitrogens is 1. The molecule has 1 amide bonds. The molecule has 11 heteroatoms. The Morgan fingerprint density at radius 3 is 2.12 bits per heavy atom.